The van der Waals surface area contributed by atoms with E-state index in [4.69, 9.17) is 11.6 Å². The highest BCUT2D eigenvalue weighted by Crippen LogP contribution is 2.22. The highest BCUT2D eigenvalue weighted by molar-refractivity contribution is 6.30. The molecule has 0 saturated heterocycles. The third kappa shape index (κ3) is 2.42. The molecule has 0 atom stereocenters. The second-order valence-electron chi connectivity index (χ2n) is 4.79. The van der Waals surface area contributed by atoms with Gasteiger partial charge in [-0.1, -0.05) is 11.6 Å². The fourth-order valence-corrected chi connectivity index (χ4v) is 2.49. The molecule has 5 nitrogen and oxygen atoms in total. The Morgan fingerprint density at radius 3 is 2.90 bits per heavy atom. The van der Waals surface area contributed by atoms with E-state index < -0.39 is 0 Å². The molecule has 0 radical (unpaired) electrons. The highest BCUT2D eigenvalue weighted by atomic mass is 35.5. The van der Waals surface area contributed by atoms with Gasteiger partial charge in [-0.15, -0.1) is 0 Å². The Morgan fingerprint density at radius 1 is 1.40 bits per heavy atom. The molecule has 3 rings (SSSR count). The maximum absolute atomic E-state index is 12.2. The van der Waals surface area contributed by atoms with Gasteiger partial charge in [0.25, 0.3) is 5.91 Å². The van der Waals surface area contributed by atoms with Crippen molar-refractivity contribution in [3.8, 4) is 0 Å². The number of benzene rings is 1. The second-order valence-corrected chi connectivity index (χ2v) is 5.22. The number of aromatic nitrogens is 2. The van der Waals surface area contributed by atoms with Crippen LogP contribution in [0.5, 0.6) is 0 Å². The van der Waals surface area contributed by atoms with Gasteiger partial charge >= 0.3 is 0 Å². The van der Waals surface area contributed by atoms with Crippen LogP contribution in [0.15, 0.2) is 24.3 Å². The van der Waals surface area contributed by atoms with Crippen LogP contribution in [-0.2, 0) is 20.0 Å². The van der Waals surface area contributed by atoms with Crippen LogP contribution in [-0.4, -0.2) is 22.2 Å². The number of nitrogens with zero attached hydrogens (tertiary/aromatic N) is 2. The molecule has 104 valence electrons. The summed E-state index contributed by atoms with van der Waals surface area (Å²) in [5, 5.41) is 11.3. The summed E-state index contributed by atoms with van der Waals surface area (Å²) in [5.41, 5.74) is 2.70. The van der Waals surface area contributed by atoms with E-state index in [0.29, 0.717) is 10.6 Å². The molecule has 2 N–H and O–H groups in total. The van der Waals surface area contributed by atoms with Crippen molar-refractivity contribution in [3.05, 3.63) is 46.1 Å². The van der Waals surface area contributed by atoms with Crippen LogP contribution in [0, 0.1) is 0 Å². The lowest BCUT2D eigenvalue weighted by atomic mass is 10.1. The van der Waals surface area contributed by atoms with E-state index >= 15 is 0 Å². The van der Waals surface area contributed by atoms with E-state index in [1.54, 1.807) is 28.9 Å². The molecule has 6 heteroatoms. The zero-order chi connectivity index (χ0) is 14.1. The molecule has 0 saturated carbocycles. The summed E-state index contributed by atoms with van der Waals surface area (Å²) < 4.78 is 1.73. The Balaban J connectivity index is 1.86. The van der Waals surface area contributed by atoms with Crippen LogP contribution in [0.1, 0.15) is 21.6 Å². The first-order valence-corrected chi connectivity index (χ1v) is 6.85. The summed E-state index contributed by atoms with van der Waals surface area (Å²) in [5.74, 6) is 0.602. The van der Waals surface area contributed by atoms with Crippen molar-refractivity contribution >= 4 is 23.3 Å². The molecular weight excluding hydrogens is 276 g/mol. The third-order valence-corrected chi connectivity index (χ3v) is 3.66. The molecule has 1 aromatic carbocycles. The standard InChI is InChI=1S/C14H15ClN4O/c1-19-13(11-8-16-7-6-12(11)18-19)17-14(20)9-2-4-10(15)5-3-9/h2-5,16H,6-8H2,1H3,(H,17,20). The number of anilines is 1. The normalized spacial score (nSPS) is 13.9. The van der Waals surface area contributed by atoms with Crippen LogP contribution >= 0.6 is 11.6 Å². The Hall–Kier alpha value is -1.85. The molecule has 20 heavy (non-hydrogen) atoms. The maximum Gasteiger partial charge on any atom is 0.256 e. The summed E-state index contributed by atoms with van der Waals surface area (Å²) in [7, 11) is 1.84. The first-order valence-electron chi connectivity index (χ1n) is 6.47. The van der Waals surface area contributed by atoms with Gasteiger partial charge in [0.15, 0.2) is 0 Å². The second kappa shape index (κ2) is 5.26. The predicted molar refractivity (Wildman–Crippen MR) is 78.0 cm³/mol. The van der Waals surface area contributed by atoms with Crippen LogP contribution < -0.4 is 10.6 Å². The van der Waals surface area contributed by atoms with Crippen molar-refractivity contribution in [1.29, 1.82) is 0 Å². The lowest BCUT2D eigenvalue weighted by Crippen LogP contribution is -2.24. The van der Waals surface area contributed by atoms with Crippen LogP contribution in [0.3, 0.4) is 0 Å². The van der Waals surface area contributed by atoms with E-state index in [1.807, 2.05) is 7.05 Å². The Kier molecular flexibility index (Phi) is 3.46. The average molecular weight is 291 g/mol. The number of fused-ring (bicyclic) bond motifs is 1. The smallest absolute Gasteiger partial charge is 0.256 e. The van der Waals surface area contributed by atoms with E-state index in [1.165, 1.54) is 0 Å². The molecule has 1 aliphatic heterocycles. The van der Waals surface area contributed by atoms with Gasteiger partial charge in [0.05, 0.1) is 5.69 Å². The minimum absolute atomic E-state index is 0.155. The largest absolute Gasteiger partial charge is 0.312 e. The number of nitrogens with one attached hydrogen (secondary N) is 2. The topological polar surface area (TPSA) is 59.0 Å². The van der Waals surface area contributed by atoms with Crippen molar-refractivity contribution in [1.82, 2.24) is 15.1 Å². The predicted octanol–water partition coefficient (Wildman–Crippen LogP) is 1.97. The SMILES string of the molecule is Cn1nc2c(c1NC(=O)c1ccc(Cl)cc1)CNCC2. The number of carbonyl (C=O) groups excluding carboxylic acids is 1. The average Bonchev–Trinajstić information content (AvgIpc) is 2.76. The molecule has 0 bridgehead atoms. The van der Waals surface area contributed by atoms with E-state index in [-0.39, 0.29) is 5.91 Å². The van der Waals surface area contributed by atoms with Crippen molar-refractivity contribution in [3.63, 3.8) is 0 Å². The number of carbonyl (C=O) groups is 1. The minimum Gasteiger partial charge on any atom is -0.312 e. The molecule has 2 aromatic rings. The Labute approximate surface area is 121 Å². The number of halogens is 1. The van der Waals surface area contributed by atoms with Gasteiger partial charge in [-0.3, -0.25) is 9.48 Å². The Morgan fingerprint density at radius 2 is 2.15 bits per heavy atom. The lowest BCUT2D eigenvalue weighted by molar-refractivity contribution is 0.102. The molecule has 0 aliphatic carbocycles. The highest BCUT2D eigenvalue weighted by Gasteiger charge is 2.20. The summed E-state index contributed by atoms with van der Waals surface area (Å²) in [4.78, 5) is 12.2. The summed E-state index contributed by atoms with van der Waals surface area (Å²) in [6, 6.07) is 6.82. The fourth-order valence-electron chi connectivity index (χ4n) is 2.37. The summed E-state index contributed by atoms with van der Waals surface area (Å²) in [6.45, 7) is 1.66. The zero-order valence-corrected chi connectivity index (χ0v) is 11.9. The molecule has 1 aliphatic rings. The molecule has 1 amide bonds. The number of amides is 1. The quantitative estimate of drug-likeness (QED) is 0.889. The van der Waals surface area contributed by atoms with Gasteiger partial charge in [-0.05, 0) is 24.3 Å². The third-order valence-electron chi connectivity index (χ3n) is 3.41. The lowest BCUT2D eigenvalue weighted by Gasteiger charge is -2.13. The monoisotopic (exact) mass is 290 g/mol. The van der Waals surface area contributed by atoms with Gasteiger partial charge in [0.2, 0.25) is 0 Å². The van der Waals surface area contributed by atoms with Gasteiger partial charge in [-0.25, -0.2) is 0 Å². The number of hydrogen-bond acceptors (Lipinski definition) is 3. The molecule has 0 spiro atoms. The van der Waals surface area contributed by atoms with Crippen LogP contribution in [0.4, 0.5) is 5.82 Å². The number of aryl methyl sites for hydroxylation is 1. The van der Waals surface area contributed by atoms with Gasteiger partial charge < -0.3 is 10.6 Å². The van der Waals surface area contributed by atoms with E-state index in [0.717, 1.165) is 36.6 Å². The van der Waals surface area contributed by atoms with Crippen LogP contribution in [0.2, 0.25) is 5.02 Å². The van der Waals surface area contributed by atoms with Gasteiger partial charge in [-0.2, -0.15) is 5.10 Å². The van der Waals surface area contributed by atoms with Gasteiger partial charge in [0, 0.05) is 42.7 Å². The zero-order valence-electron chi connectivity index (χ0n) is 11.1. The molecule has 0 fully saturated rings. The summed E-state index contributed by atoms with van der Waals surface area (Å²) >= 11 is 5.83. The summed E-state index contributed by atoms with van der Waals surface area (Å²) in [6.07, 6.45) is 0.889. The number of hydrogen-bond donors (Lipinski definition) is 2. The fraction of sp³-hybridized carbons (Fsp3) is 0.286. The molecule has 2 heterocycles. The van der Waals surface area contributed by atoms with Crippen molar-refractivity contribution < 1.29 is 4.79 Å². The molecule has 1 aromatic heterocycles. The Bertz CT molecular complexity index is 648. The van der Waals surface area contributed by atoms with E-state index in [9.17, 15) is 4.79 Å². The number of rotatable bonds is 2. The first-order chi connectivity index (χ1) is 9.65. The van der Waals surface area contributed by atoms with E-state index in [2.05, 4.69) is 15.7 Å². The molecule has 0 unspecified atom stereocenters. The molecular formula is C14H15ClN4O. The van der Waals surface area contributed by atoms with Crippen molar-refractivity contribution in [2.75, 3.05) is 11.9 Å². The van der Waals surface area contributed by atoms with Gasteiger partial charge in [0.1, 0.15) is 5.82 Å². The first kappa shape index (κ1) is 13.1. The van der Waals surface area contributed by atoms with Crippen molar-refractivity contribution in [2.45, 2.75) is 13.0 Å². The van der Waals surface area contributed by atoms with Crippen LogP contribution in [0.25, 0.3) is 0 Å². The maximum atomic E-state index is 12.2. The van der Waals surface area contributed by atoms with Crippen molar-refractivity contribution in [2.24, 2.45) is 7.05 Å². The minimum atomic E-state index is -0.155.